The predicted octanol–water partition coefficient (Wildman–Crippen LogP) is 2.25. The van der Waals surface area contributed by atoms with E-state index < -0.39 is 0 Å². The fourth-order valence-electron chi connectivity index (χ4n) is 3.54. The molecule has 0 saturated carbocycles. The van der Waals surface area contributed by atoms with Crippen LogP contribution in [0.15, 0.2) is 48.5 Å². The Bertz CT molecular complexity index is 748. The Morgan fingerprint density at radius 3 is 2.15 bits per heavy atom. The number of nitrogens with one attached hydrogen (secondary N) is 2. The van der Waals surface area contributed by atoms with Crippen LogP contribution in [-0.2, 0) is 4.79 Å². The summed E-state index contributed by atoms with van der Waals surface area (Å²) in [5.74, 6) is 0.845. The maximum absolute atomic E-state index is 12.6. The van der Waals surface area contributed by atoms with E-state index in [2.05, 4.69) is 36.2 Å². The molecular formula is C22H30N3O2+. The van der Waals surface area contributed by atoms with Gasteiger partial charge in [0.15, 0.2) is 6.04 Å². The summed E-state index contributed by atoms with van der Waals surface area (Å²) in [5, 5.41) is 12.5. The van der Waals surface area contributed by atoms with Crippen LogP contribution in [0, 0.1) is 0 Å². The number of anilines is 2. The van der Waals surface area contributed by atoms with E-state index in [1.165, 1.54) is 10.5 Å². The number of hydrogen-bond donors (Lipinski definition) is 3. The minimum absolute atomic E-state index is 0.0698. The summed E-state index contributed by atoms with van der Waals surface area (Å²) < 4.78 is 0. The van der Waals surface area contributed by atoms with Crippen molar-refractivity contribution in [1.29, 1.82) is 0 Å². The highest BCUT2D eigenvalue weighted by molar-refractivity contribution is 5.93. The highest BCUT2D eigenvalue weighted by Gasteiger charge is 2.29. The second kappa shape index (κ2) is 8.44. The maximum Gasteiger partial charge on any atom is 0.282 e. The number of piperazine rings is 1. The number of quaternary nitrogens is 1. The van der Waals surface area contributed by atoms with Crippen molar-refractivity contribution in [3.63, 3.8) is 0 Å². The molecule has 0 radical (unpaired) electrons. The number of carbonyl (C=O) groups is 1. The average Bonchev–Trinajstić information content (AvgIpc) is 2.68. The van der Waals surface area contributed by atoms with Crippen LogP contribution in [0.1, 0.15) is 32.3 Å². The summed E-state index contributed by atoms with van der Waals surface area (Å²) in [4.78, 5) is 16.3. The number of amides is 1. The molecule has 1 heterocycles. The zero-order valence-electron chi connectivity index (χ0n) is 16.4. The molecule has 3 N–H and O–H groups in total. The summed E-state index contributed by atoms with van der Waals surface area (Å²) >= 11 is 0. The molecule has 144 valence electrons. The summed E-state index contributed by atoms with van der Waals surface area (Å²) in [5.41, 5.74) is 3.25. The molecule has 0 unspecified atom stereocenters. The second-order valence-corrected chi connectivity index (χ2v) is 7.65. The van der Waals surface area contributed by atoms with Gasteiger partial charge in [0.2, 0.25) is 0 Å². The number of phenols is 1. The van der Waals surface area contributed by atoms with E-state index >= 15 is 0 Å². The SMILES string of the molecule is CC(C)c1ccc(NC(=O)[C@H](C)[NH+]2CCN(c3ccc(O)cc3)CC2)cc1. The molecule has 1 saturated heterocycles. The van der Waals surface area contributed by atoms with Crippen molar-refractivity contribution in [1.82, 2.24) is 0 Å². The third-order valence-corrected chi connectivity index (χ3v) is 5.47. The molecule has 0 bridgehead atoms. The summed E-state index contributed by atoms with van der Waals surface area (Å²) in [6, 6.07) is 15.4. The van der Waals surface area contributed by atoms with Crippen molar-refractivity contribution < 1.29 is 14.8 Å². The molecule has 1 aliphatic heterocycles. The molecule has 0 aliphatic carbocycles. The summed E-state index contributed by atoms with van der Waals surface area (Å²) in [6.45, 7) is 9.97. The van der Waals surface area contributed by atoms with Crippen LogP contribution in [0.4, 0.5) is 11.4 Å². The number of aromatic hydroxyl groups is 1. The summed E-state index contributed by atoms with van der Waals surface area (Å²) in [6.07, 6.45) is 0. The average molecular weight is 369 g/mol. The van der Waals surface area contributed by atoms with Crippen LogP contribution in [0.3, 0.4) is 0 Å². The number of rotatable bonds is 5. The lowest BCUT2D eigenvalue weighted by Gasteiger charge is -2.36. The quantitative estimate of drug-likeness (QED) is 0.759. The van der Waals surface area contributed by atoms with Gasteiger partial charge in [0.25, 0.3) is 5.91 Å². The van der Waals surface area contributed by atoms with Crippen LogP contribution in [0.25, 0.3) is 0 Å². The summed E-state index contributed by atoms with van der Waals surface area (Å²) in [7, 11) is 0. The lowest BCUT2D eigenvalue weighted by atomic mass is 10.0. The molecule has 5 nitrogen and oxygen atoms in total. The van der Waals surface area contributed by atoms with E-state index in [-0.39, 0.29) is 17.7 Å². The van der Waals surface area contributed by atoms with Gasteiger partial charge in [-0.2, -0.15) is 0 Å². The van der Waals surface area contributed by atoms with Crippen molar-refractivity contribution in [2.24, 2.45) is 0 Å². The van der Waals surface area contributed by atoms with Gasteiger partial charge in [0.05, 0.1) is 26.2 Å². The third-order valence-electron chi connectivity index (χ3n) is 5.47. The lowest BCUT2D eigenvalue weighted by molar-refractivity contribution is -0.914. The van der Waals surface area contributed by atoms with Gasteiger partial charge in [-0.25, -0.2) is 0 Å². The monoisotopic (exact) mass is 368 g/mol. The standard InChI is InChI=1S/C22H29N3O2/c1-16(2)18-4-6-19(7-5-18)23-22(27)17(3)24-12-14-25(15-13-24)20-8-10-21(26)11-9-20/h4-11,16-17,26H,12-15H2,1-3H3,(H,23,27)/p+1/t17-/m0/s1. The molecule has 0 spiro atoms. The Kier molecular flexibility index (Phi) is 6.01. The molecule has 5 heteroatoms. The molecule has 2 aromatic carbocycles. The van der Waals surface area contributed by atoms with Crippen LogP contribution in [0.5, 0.6) is 5.75 Å². The fourth-order valence-corrected chi connectivity index (χ4v) is 3.54. The van der Waals surface area contributed by atoms with E-state index in [1.54, 1.807) is 12.1 Å². The Morgan fingerprint density at radius 1 is 1.00 bits per heavy atom. The molecular weight excluding hydrogens is 338 g/mol. The highest BCUT2D eigenvalue weighted by Crippen LogP contribution is 2.19. The molecule has 1 aliphatic rings. The first-order chi connectivity index (χ1) is 12.9. The molecule has 1 amide bonds. The van der Waals surface area contributed by atoms with E-state index in [9.17, 15) is 9.90 Å². The van der Waals surface area contributed by atoms with Crippen molar-refractivity contribution >= 4 is 17.3 Å². The van der Waals surface area contributed by atoms with Gasteiger partial charge in [-0.1, -0.05) is 26.0 Å². The smallest absolute Gasteiger partial charge is 0.282 e. The Hall–Kier alpha value is -2.53. The topological polar surface area (TPSA) is 57.0 Å². The normalized spacial score (nSPS) is 16.4. The zero-order valence-corrected chi connectivity index (χ0v) is 16.4. The number of nitrogens with zero attached hydrogens (tertiary/aromatic N) is 1. The Morgan fingerprint density at radius 2 is 1.59 bits per heavy atom. The first-order valence-corrected chi connectivity index (χ1v) is 9.73. The van der Waals surface area contributed by atoms with Crippen molar-refractivity contribution in [3.05, 3.63) is 54.1 Å². The van der Waals surface area contributed by atoms with E-state index in [0.717, 1.165) is 37.6 Å². The Balaban J connectivity index is 1.53. The van der Waals surface area contributed by atoms with Gasteiger partial charge >= 0.3 is 0 Å². The molecule has 3 rings (SSSR count). The van der Waals surface area contributed by atoms with E-state index in [0.29, 0.717) is 5.92 Å². The van der Waals surface area contributed by atoms with Gasteiger partial charge in [0, 0.05) is 11.4 Å². The number of hydrogen-bond acceptors (Lipinski definition) is 3. The zero-order chi connectivity index (χ0) is 19.4. The first-order valence-electron chi connectivity index (χ1n) is 9.73. The van der Waals surface area contributed by atoms with Crippen LogP contribution in [-0.4, -0.2) is 43.2 Å². The maximum atomic E-state index is 12.6. The Labute approximate surface area is 161 Å². The lowest BCUT2D eigenvalue weighted by Crippen LogP contribution is -3.19. The molecule has 1 fully saturated rings. The van der Waals surface area contributed by atoms with E-state index in [4.69, 9.17) is 0 Å². The number of benzene rings is 2. The van der Waals surface area contributed by atoms with Crippen molar-refractivity contribution in [3.8, 4) is 5.75 Å². The van der Waals surface area contributed by atoms with E-state index in [1.807, 2.05) is 31.2 Å². The van der Waals surface area contributed by atoms with Gasteiger partial charge in [-0.15, -0.1) is 0 Å². The predicted molar refractivity (Wildman–Crippen MR) is 110 cm³/mol. The van der Waals surface area contributed by atoms with Crippen LogP contribution < -0.4 is 15.1 Å². The largest absolute Gasteiger partial charge is 0.508 e. The highest BCUT2D eigenvalue weighted by atomic mass is 16.3. The van der Waals surface area contributed by atoms with Crippen molar-refractivity contribution in [2.45, 2.75) is 32.7 Å². The van der Waals surface area contributed by atoms with Crippen LogP contribution >= 0.6 is 0 Å². The molecule has 2 aromatic rings. The second-order valence-electron chi connectivity index (χ2n) is 7.65. The third kappa shape index (κ3) is 4.80. The van der Waals surface area contributed by atoms with Crippen LogP contribution in [0.2, 0.25) is 0 Å². The minimum atomic E-state index is -0.0863. The number of phenolic OH excluding ortho intramolecular Hbond substituents is 1. The van der Waals surface area contributed by atoms with Gasteiger partial charge in [0.1, 0.15) is 5.75 Å². The van der Waals surface area contributed by atoms with Gasteiger partial charge in [-0.3, -0.25) is 4.79 Å². The number of carbonyl (C=O) groups excluding carboxylic acids is 1. The molecule has 1 atom stereocenters. The van der Waals surface area contributed by atoms with Gasteiger partial charge in [-0.05, 0) is 54.8 Å². The fraction of sp³-hybridized carbons (Fsp3) is 0.409. The molecule has 0 aromatic heterocycles. The first kappa shape index (κ1) is 19.2. The minimum Gasteiger partial charge on any atom is -0.508 e. The molecule has 27 heavy (non-hydrogen) atoms. The van der Waals surface area contributed by atoms with Crippen molar-refractivity contribution in [2.75, 3.05) is 36.4 Å². The van der Waals surface area contributed by atoms with Gasteiger partial charge < -0.3 is 20.2 Å².